The molecular formula is C25H23ClN4O2S. The number of nitrogens with zero attached hydrogens (tertiary/aromatic N) is 3. The summed E-state index contributed by atoms with van der Waals surface area (Å²) in [6, 6.07) is 22.4. The van der Waals surface area contributed by atoms with Gasteiger partial charge in [0.2, 0.25) is 10.0 Å². The Hall–Kier alpha value is -3.00. The summed E-state index contributed by atoms with van der Waals surface area (Å²) < 4.78 is 28.0. The molecule has 1 aliphatic rings. The molecule has 0 bridgehead atoms. The van der Waals surface area contributed by atoms with Crippen LogP contribution in [0.15, 0.2) is 77.7 Å². The van der Waals surface area contributed by atoms with E-state index in [1.807, 2.05) is 54.6 Å². The number of rotatable bonds is 5. The smallest absolute Gasteiger partial charge is 0.244 e. The molecule has 168 valence electrons. The molecule has 1 aromatic heterocycles. The largest absolute Gasteiger partial charge is 0.340 e. The van der Waals surface area contributed by atoms with Crippen LogP contribution in [0, 0.1) is 0 Å². The first-order chi connectivity index (χ1) is 16.0. The summed E-state index contributed by atoms with van der Waals surface area (Å²) in [5.74, 6) is 1.19. The van der Waals surface area contributed by atoms with E-state index in [1.54, 1.807) is 18.2 Å². The zero-order valence-corrected chi connectivity index (χ0v) is 19.5. The molecule has 2 heterocycles. The third-order valence-electron chi connectivity index (χ3n) is 5.76. The number of hydrogen-bond acceptors (Lipinski definition) is 5. The van der Waals surface area contributed by atoms with E-state index in [2.05, 4.69) is 5.32 Å². The first kappa shape index (κ1) is 21.8. The first-order valence-electron chi connectivity index (χ1n) is 10.9. The van der Waals surface area contributed by atoms with Crippen LogP contribution in [0.1, 0.15) is 19.3 Å². The topological polar surface area (TPSA) is 75.2 Å². The zero-order chi connectivity index (χ0) is 22.8. The van der Waals surface area contributed by atoms with Gasteiger partial charge in [-0.2, -0.15) is 4.31 Å². The second-order valence-electron chi connectivity index (χ2n) is 8.01. The minimum Gasteiger partial charge on any atom is -0.340 e. The van der Waals surface area contributed by atoms with E-state index in [4.69, 9.17) is 21.6 Å². The summed E-state index contributed by atoms with van der Waals surface area (Å²) >= 11 is 6.34. The fourth-order valence-corrected chi connectivity index (χ4v) is 6.07. The quantitative estimate of drug-likeness (QED) is 0.388. The van der Waals surface area contributed by atoms with Crippen molar-refractivity contribution in [2.45, 2.75) is 24.2 Å². The highest BCUT2D eigenvalue weighted by atomic mass is 35.5. The van der Waals surface area contributed by atoms with Gasteiger partial charge in [-0.3, -0.25) is 0 Å². The summed E-state index contributed by atoms with van der Waals surface area (Å²) in [7, 11) is -3.67. The lowest BCUT2D eigenvalue weighted by atomic mass is 10.2. The van der Waals surface area contributed by atoms with Gasteiger partial charge in [-0.15, -0.1) is 0 Å². The van der Waals surface area contributed by atoms with Gasteiger partial charge in [-0.25, -0.2) is 18.4 Å². The molecule has 5 rings (SSSR count). The van der Waals surface area contributed by atoms with Crippen molar-refractivity contribution in [2.75, 3.05) is 18.4 Å². The average molecular weight is 479 g/mol. The van der Waals surface area contributed by atoms with Crippen LogP contribution < -0.4 is 5.32 Å². The van der Waals surface area contributed by atoms with Gasteiger partial charge in [0.05, 0.1) is 10.5 Å². The maximum Gasteiger partial charge on any atom is 0.244 e. The van der Waals surface area contributed by atoms with Crippen molar-refractivity contribution in [3.63, 3.8) is 0 Å². The van der Waals surface area contributed by atoms with E-state index in [0.29, 0.717) is 30.4 Å². The summed E-state index contributed by atoms with van der Waals surface area (Å²) in [4.78, 5) is 9.57. The molecule has 33 heavy (non-hydrogen) atoms. The standard InChI is InChI=1S/C25H23ClN4O2S/c26-21-14-13-19(17-23(21)33(31,32)30-15-7-2-8-16-30)27-25-20-11-5-6-12-22(20)28-24(29-25)18-9-3-1-4-10-18/h1,3-6,9-14,17H,2,7-8,15-16H2,(H,27,28,29). The molecule has 0 atom stereocenters. The molecule has 0 unspecified atom stereocenters. The Morgan fingerprint density at radius 2 is 1.58 bits per heavy atom. The minimum absolute atomic E-state index is 0.109. The molecule has 1 saturated heterocycles. The molecular weight excluding hydrogens is 456 g/mol. The van der Waals surface area contributed by atoms with Crippen molar-refractivity contribution in [3.8, 4) is 11.4 Å². The van der Waals surface area contributed by atoms with Crippen LogP contribution in [0.2, 0.25) is 5.02 Å². The molecule has 1 fully saturated rings. The third kappa shape index (κ3) is 4.44. The molecule has 0 amide bonds. The van der Waals surface area contributed by atoms with Gasteiger partial charge >= 0.3 is 0 Å². The van der Waals surface area contributed by atoms with Crippen LogP contribution in [0.4, 0.5) is 11.5 Å². The van der Waals surface area contributed by atoms with Crippen molar-refractivity contribution in [1.82, 2.24) is 14.3 Å². The van der Waals surface area contributed by atoms with Crippen molar-refractivity contribution in [3.05, 3.63) is 77.8 Å². The number of aromatic nitrogens is 2. The van der Waals surface area contributed by atoms with Crippen molar-refractivity contribution in [2.24, 2.45) is 0 Å². The van der Waals surface area contributed by atoms with Gasteiger partial charge in [0.15, 0.2) is 5.82 Å². The fourth-order valence-electron chi connectivity index (χ4n) is 4.05. The van der Waals surface area contributed by atoms with Gasteiger partial charge in [0.1, 0.15) is 10.7 Å². The molecule has 0 spiro atoms. The number of anilines is 2. The van der Waals surface area contributed by atoms with Crippen molar-refractivity contribution >= 4 is 44.0 Å². The average Bonchev–Trinajstić information content (AvgIpc) is 2.86. The summed E-state index contributed by atoms with van der Waals surface area (Å²) in [5, 5.41) is 4.36. The van der Waals surface area contributed by atoms with Gasteiger partial charge in [0, 0.05) is 29.7 Å². The number of fused-ring (bicyclic) bond motifs is 1. The van der Waals surface area contributed by atoms with E-state index in [1.165, 1.54) is 4.31 Å². The lowest BCUT2D eigenvalue weighted by Crippen LogP contribution is -2.35. The van der Waals surface area contributed by atoms with E-state index < -0.39 is 10.0 Å². The van der Waals surface area contributed by atoms with E-state index in [9.17, 15) is 8.42 Å². The minimum atomic E-state index is -3.67. The predicted octanol–water partition coefficient (Wildman–Crippen LogP) is 5.87. The zero-order valence-electron chi connectivity index (χ0n) is 17.9. The number of halogens is 1. The Labute approximate surface area is 198 Å². The maximum absolute atomic E-state index is 13.3. The Morgan fingerprint density at radius 1 is 0.848 bits per heavy atom. The Kier molecular flexibility index (Phi) is 6.01. The van der Waals surface area contributed by atoms with Crippen LogP contribution in [-0.4, -0.2) is 35.8 Å². The molecule has 8 heteroatoms. The highest BCUT2D eigenvalue weighted by Crippen LogP contribution is 2.32. The number of nitrogens with one attached hydrogen (secondary N) is 1. The lowest BCUT2D eigenvalue weighted by molar-refractivity contribution is 0.346. The molecule has 0 saturated carbocycles. The number of hydrogen-bond donors (Lipinski definition) is 1. The van der Waals surface area contributed by atoms with Crippen LogP contribution >= 0.6 is 11.6 Å². The summed E-state index contributed by atoms with van der Waals surface area (Å²) in [6.45, 7) is 1.04. The predicted molar refractivity (Wildman–Crippen MR) is 132 cm³/mol. The van der Waals surface area contributed by atoms with Gasteiger partial charge in [0.25, 0.3) is 0 Å². The van der Waals surface area contributed by atoms with Crippen LogP contribution in [-0.2, 0) is 10.0 Å². The van der Waals surface area contributed by atoms with Crippen LogP contribution in [0.3, 0.4) is 0 Å². The van der Waals surface area contributed by atoms with Crippen LogP contribution in [0.25, 0.3) is 22.3 Å². The normalized spacial score (nSPS) is 14.9. The van der Waals surface area contributed by atoms with E-state index >= 15 is 0 Å². The highest BCUT2D eigenvalue weighted by molar-refractivity contribution is 7.89. The Balaban J connectivity index is 1.56. The molecule has 1 N–H and O–H groups in total. The second-order valence-corrected chi connectivity index (χ2v) is 10.3. The van der Waals surface area contributed by atoms with Gasteiger partial charge < -0.3 is 5.32 Å². The molecule has 1 aliphatic heterocycles. The third-order valence-corrected chi connectivity index (χ3v) is 8.14. The van der Waals surface area contributed by atoms with Crippen molar-refractivity contribution in [1.29, 1.82) is 0 Å². The molecule has 0 radical (unpaired) electrons. The van der Waals surface area contributed by atoms with Crippen LogP contribution in [0.5, 0.6) is 0 Å². The van der Waals surface area contributed by atoms with Crippen molar-refractivity contribution < 1.29 is 8.42 Å². The number of sulfonamides is 1. The molecule has 0 aliphatic carbocycles. The number of para-hydroxylation sites is 1. The van der Waals surface area contributed by atoms with E-state index in [0.717, 1.165) is 35.7 Å². The van der Waals surface area contributed by atoms with E-state index in [-0.39, 0.29) is 9.92 Å². The number of benzene rings is 3. The fraction of sp³-hybridized carbons (Fsp3) is 0.200. The maximum atomic E-state index is 13.3. The molecule has 6 nitrogen and oxygen atoms in total. The lowest BCUT2D eigenvalue weighted by Gasteiger charge is -2.26. The molecule has 4 aromatic rings. The van der Waals surface area contributed by atoms with Gasteiger partial charge in [-0.05, 0) is 43.2 Å². The SMILES string of the molecule is O=S(=O)(c1cc(Nc2nc(-c3ccccc3)nc3ccccc23)ccc1Cl)N1CCCCC1. The summed E-state index contributed by atoms with van der Waals surface area (Å²) in [5.41, 5.74) is 2.29. The Morgan fingerprint density at radius 3 is 2.36 bits per heavy atom. The second kappa shape index (κ2) is 9.09. The van der Waals surface area contributed by atoms with Gasteiger partial charge in [-0.1, -0.05) is 60.5 Å². The summed E-state index contributed by atoms with van der Waals surface area (Å²) in [6.07, 6.45) is 2.78. The highest BCUT2D eigenvalue weighted by Gasteiger charge is 2.28. The molecule has 3 aromatic carbocycles. The Bertz CT molecular complexity index is 1400. The number of piperidine rings is 1. The monoisotopic (exact) mass is 478 g/mol. The first-order valence-corrected chi connectivity index (χ1v) is 12.7.